The first kappa shape index (κ1) is 61.3. The molecule has 8 N–H and O–H groups in total. The van der Waals surface area contributed by atoms with Gasteiger partial charge in [0, 0.05) is 84.9 Å². The predicted molar refractivity (Wildman–Crippen MR) is 285 cm³/mol. The molecule has 8 unspecified atom stereocenters. The monoisotopic (exact) mass is 1100 g/mol. The maximum Gasteiger partial charge on any atom is 0.409 e. The topological polar surface area (TPSA) is 292 Å². The van der Waals surface area contributed by atoms with E-state index >= 15 is 0 Å². The zero-order chi connectivity index (χ0) is 56.7. The number of amides is 6. The van der Waals surface area contributed by atoms with Gasteiger partial charge in [0.05, 0.1) is 31.9 Å². The Morgan fingerprint density at radius 1 is 1.01 bits per heavy atom. The number of allylic oxidation sites excluding steroid dienone is 3. The Morgan fingerprint density at radius 3 is 2.39 bits per heavy atom. The van der Waals surface area contributed by atoms with Crippen LogP contribution >= 0.6 is 11.6 Å². The van der Waals surface area contributed by atoms with Crippen molar-refractivity contribution < 1.29 is 67.8 Å². The number of methoxy groups -OCH3 is 2. The molecular weight excluding hydrogens is 1020 g/mol. The Balaban J connectivity index is 1.17. The highest BCUT2D eigenvalue weighted by atomic mass is 35.5. The molecule has 24 heteroatoms. The van der Waals surface area contributed by atoms with Crippen LogP contribution in [0.4, 0.5) is 10.5 Å². The van der Waals surface area contributed by atoms with Crippen LogP contribution in [0.2, 0.25) is 5.02 Å². The van der Waals surface area contributed by atoms with Gasteiger partial charge in [-0.25, -0.2) is 14.6 Å². The number of aliphatic hydroxyl groups is 3. The van der Waals surface area contributed by atoms with Crippen molar-refractivity contribution in [1.82, 2.24) is 41.2 Å². The number of benzene rings is 2. The minimum atomic E-state index is -2.14. The molecule has 0 aliphatic carbocycles. The van der Waals surface area contributed by atoms with E-state index in [1.54, 1.807) is 37.3 Å². The van der Waals surface area contributed by atoms with Gasteiger partial charge in [0.15, 0.2) is 5.72 Å². The Kier molecular flexibility index (Phi) is 22.4. The first-order valence-corrected chi connectivity index (χ1v) is 25.7. The van der Waals surface area contributed by atoms with Crippen LogP contribution < -0.4 is 36.3 Å². The molecule has 1 saturated heterocycles. The molecular formula is C53H74ClN9O14. The number of halogens is 1. The molecule has 8 atom stereocenters. The molecule has 1 fully saturated rings. The number of likely N-dealkylation sites (N-methyl/N-ethyl adjacent to an activating group) is 1. The fourth-order valence-electron chi connectivity index (χ4n) is 8.98. The van der Waals surface area contributed by atoms with Gasteiger partial charge >= 0.3 is 12.1 Å². The number of nitrogens with one attached hydrogen (secondary N) is 5. The highest BCUT2D eigenvalue weighted by molar-refractivity contribution is 6.35. The molecule has 4 bridgehead atoms. The zero-order valence-corrected chi connectivity index (χ0v) is 45.8. The summed E-state index contributed by atoms with van der Waals surface area (Å²) < 4.78 is 24.6. The first-order valence-electron chi connectivity index (χ1n) is 25.3. The van der Waals surface area contributed by atoms with Crippen molar-refractivity contribution in [2.24, 2.45) is 5.92 Å². The van der Waals surface area contributed by atoms with E-state index in [1.807, 2.05) is 50.3 Å². The van der Waals surface area contributed by atoms with Crippen LogP contribution in [0.3, 0.4) is 0 Å². The summed E-state index contributed by atoms with van der Waals surface area (Å²) in [4.78, 5) is 94.5. The lowest BCUT2D eigenvalue weighted by molar-refractivity contribution is -0.166. The standard InChI is InChI=1S/C53H74ClN9O14/c1-31-13-12-16-43(75-9)53(73)29-42(77-52(72)59-53)32(2)24-39(64)40(28-46(67)62(7)38-25-34(23-31)26-41(74-8)47(38)54)76-51(71)33(3)61(6)45(66)17-19-57-49(69)48(68)50(70)58-21-20-56-44(65)18-22-63-36(30-60(5)55-4)27-35-14-10-11-15-37(35)63/h10-16,25-27,32-33,39-40,42-43,48,55,64,68,73H,17-24,28-30H2,1-9H3,(H,56,65)(H,57,69)(H,58,70)(H,59,72). The van der Waals surface area contributed by atoms with Crippen LogP contribution in [0.25, 0.3) is 10.9 Å². The lowest BCUT2D eigenvalue weighted by atomic mass is 9.86. The zero-order valence-electron chi connectivity index (χ0n) is 45.1. The molecule has 2 aliphatic heterocycles. The summed E-state index contributed by atoms with van der Waals surface area (Å²) in [5.74, 6) is -5.07. The van der Waals surface area contributed by atoms with E-state index in [-0.39, 0.29) is 67.7 Å². The van der Waals surface area contributed by atoms with Crippen molar-refractivity contribution in [3.63, 3.8) is 0 Å². The maximum absolute atomic E-state index is 14.1. The van der Waals surface area contributed by atoms with Gasteiger partial charge in [0.1, 0.15) is 35.1 Å². The summed E-state index contributed by atoms with van der Waals surface area (Å²) in [7, 11) is 9.30. The highest BCUT2D eigenvalue weighted by Crippen LogP contribution is 2.37. The number of carbonyl (C=O) groups is 7. The number of hydrogen-bond donors (Lipinski definition) is 8. The average molecular weight is 1100 g/mol. The molecule has 5 rings (SSSR count). The number of ether oxygens (including phenoxy) is 4. The molecule has 23 nitrogen and oxygen atoms in total. The molecule has 1 aromatic heterocycles. The van der Waals surface area contributed by atoms with E-state index in [0.29, 0.717) is 25.1 Å². The van der Waals surface area contributed by atoms with E-state index in [0.717, 1.165) is 27.1 Å². The summed E-state index contributed by atoms with van der Waals surface area (Å²) in [6, 6.07) is 12.1. The third-order valence-electron chi connectivity index (χ3n) is 13.8. The second-order valence-electron chi connectivity index (χ2n) is 19.4. The second-order valence-corrected chi connectivity index (χ2v) is 19.8. The number of esters is 1. The lowest BCUT2D eigenvalue weighted by Crippen LogP contribution is -2.63. The summed E-state index contributed by atoms with van der Waals surface area (Å²) in [6.07, 6.45) is -3.88. The molecule has 3 aromatic rings. The lowest BCUT2D eigenvalue weighted by Gasteiger charge is -2.42. The number of carbonyl (C=O) groups excluding carboxylic acids is 7. The van der Waals surface area contributed by atoms with Crippen molar-refractivity contribution in [2.45, 2.75) is 115 Å². The minimum Gasteiger partial charge on any atom is -0.495 e. The Labute approximate surface area is 453 Å². The van der Waals surface area contributed by atoms with Gasteiger partial charge in [-0.3, -0.25) is 34.7 Å². The van der Waals surface area contributed by atoms with Crippen molar-refractivity contribution in [2.75, 3.05) is 66.9 Å². The second kappa shape index (κ2) is 28.1. The summed E-state index contributed by atoms with van der Waals surface area (Å²) >= 11 is 6.74. The van der Waals surface area contributed by atoms with Crippen molar-refractivity contribution >= 4 is 69.8 Å². The molecule has 0 radical (unpaired) electrons. The van der Waals surface area contributed by atoms with Gasteiger partial charge in [-0.2, -0.15) is 0 Å². The van der Waals surface area contributed by atoms with E-state index in [1.165, 1.54) is 40.1 Å². The molecule has 422 valence electrons. The van der Waals surface area contributed by atoms with Crippen LogP contribution in [0.15, 0.2) is 66.3 Å². The van der Waals surface area contributed by atoms with Crippen LogP contribution in [0.1, 0.15) is 64.1 Å². The number of aromatic nitrogens is 1. The summed E-state index contributed by atoms with van der Waals surface area (Å²) in [5.41, 5.74) is 5.00. The number of fused-ring (bicyclic) bond motifs is 5. The smallest absolute Gasteiger partial charge is 0.409 e. The quantitative estimate of drug-likeness (QED) is 0.0368. The fraction of sp³-hybridized carbons (Fsp3) is 0.528. The van der Waals surface area contributed by atoms with Gasteiger partial charge in [0.25, 0.3) is 11.8 Å². The van der Waals surface area contributed by atoms with E-state index in [4.69, 9.17) is 30.5 Å². The normalized spacial score (nSPS) is 22.0. The van der Waals surface area contributed by atoms with Gasteiger partial charge in [-0.15, -0.1) is 0 Å². The SMILES string of the molecule is CNN(C)Cc1cc2ccccc2n1CCC(=O)NCCNC(=O)C(O)C(=O)NCCC(=O)N(C)C(C)C(=O)OC1CC(=O)N(C)c2cc(cc(OC)c2Cl)CC(C)=CC=CC(OC)C2(O)CC(OC(=O)N2)C(C)CC1O. The van der Waals surface area contributed by atoms with Gasteiger partial charge in [0.2, 0.25) is 23.8 Å². The first-order chi connectivity index (χ1) is 36.5. The number of alkyl carbamates (subject to hydrolysis) is 1. The van der Waals surface area contributed by atoms with E-state index < -0.39 is 90.3 Å². The average Bonchev–Trinajstić information content (AvgIpc) is 3.76. The van der Waals surface area contributed by atoms with E-state index in [2.05, 4.69) is 37.3 Å². The van der Waals surface area contributed by atoms with Crippen LogP contribution in [-0.2, 0) is 62.5 Å². The molecule has 2 aromatic carbocycles. The minimum absolute atomic E-state index is 0.0275. The molecule has 2 aliphatic rings. The highest BCUT2D eigenvalue weighted by Gasteiger charge is 2.47. The van der Waals surface area contributed by atoms with Crippen molar-refractivity contribution in [3.05, 3.63) is 82.5 Å². The van der Waals surface area contributed by atoms with Crippen molar-refractivity contribution in [3.8, 4) is 5.75 Å². The number of para-hydroxylation sites is 1. The molecule has 0 spiro atoms. The number of hydrogen-bond acceptors (Lipinski definition) is 16. The number of rotatable bonds is 19. The van der Waals surface area contributed by atoms with E-state index in [9.17, 15) is 48.9 Å². The summed E-state index contributed by atoms with van der Waals surface area (Å²) in [5, 5.41) is 46.9. The van der Waals surface area contributed by atoms with Gasteiger partial charge < -0.3 is 64.6 Å². The van der Waals surface area contributed by atoms with Gasteiger partial charge in [-0.05, 0) is 74.9 Å². The third-order valence-corrected chi connectivity index (χ3v) is 14.1. The predicted octanol–water partition coefficient (Wildman–Crippen LogP) is 1.82. The molecule has 0 saturated carbocycles. The molecule has 3 heterocycles. The number of aliphatic hydroxyl groups excluding tert-OH is 2. The third kappa shape index (κ3) is 16.5. The Morgan fingerprint density at radius 2 is 1.70 bits per heavy atom. The van der Waals surface area contributed by atoms with Crippen LogP contribution in [0.5, 0.6) is 5.75 Å². The Bertz CT molecular complexity index is 2660. The molecule has 6 amide bonds. The van der Waals surface area contributed by atoms with Crippen LogP contribution in [0, 0.1) is 5.92 Å². The number of aryl methyl sites for hydroxylation is 1. The number of hydrazine groups is 1. The van der Waals surface area contributed by atoms with Gasteiger partial charge in [-0.1, -0.05) is 60.5 Å². The fourth-order valence-corrected chi connectivity index (χ4v) is 9.29. The van der Waals surface area contributed by atoms with Crippen molar-refractivity contribution in [1.29, 1.82) is 0 Å². The Hall–Kier alpha value is -6.60. The molecule has 77 heavy (non-hydrogen) atoms. The number of anilines is 1. The number of nitrogens with zero attached hydrogens (tertiary/aromatic N) is 4. The summed E-state index contributed by atoms with van der Waals surface area (Å²) in [6.45, 7) is 5.50. The largest absolute Gasteiger partial charge is 0.495 e. The maximum atomic E-state index is 14.1. The van der Waals surface area contributed by atoms with Crippen LogP contribution in [-0.4, -0.2) is 176 Å².